The average Bonchev–Trinajstić information content (AvgIpc) is 3.98. The second kappa shape index (κ2) is 23.2. The molecule has 1 fully saturated rings. The summed E-state index contributed by atoms with van der Waals surface area (Å²) >= 11 is 3.10. The number of hydrogen-bond donors (Lipinski definition) is 4. The van der Waals surface area contributed by atoms with E-state index in [2.05, 4.69) is 36.2 Å². The van der Waals surface area contributed by atoms with Crippen molar-refractivity contribution in [2.45, 2.75) is 84.7 Å². The lowest BCUT2D eigenvalue weighted by molar-refractivity contribution is -0.144. The number of benzene rings is 3. The predicted octanol–water partition coefficient (Wildman–Crippen LogP) is 9.01. The van der Waals surface area contributed by atoms with E-state index in [9.17, 15) is 27.6 Å². The minimum atomic E-state index is -4.66. The van der Waals surface area contributed by atoms with E-state index in [0.717, 1.165) is 39.1 Å². The van der Waals surface area contributed by atoms with Crippen LogP contribution in [0.2, 0.25) is 0 Å². The van der Waals surface area contributed by atoms with E-state index < -0.39 is 29.2 Å². The number of aryl methyl sites for hydroxylation is 1. The fourth-order valence-electron chi connectivity index (χ4n) is 7.33. The first-order chi connectivity index (χ1) is 32.0. The number of halogens is 3. The van der Waals surface area contributed by atoms with E-state index in [-0.39, 0.29) is 49.1 Å². The molecule has 1 aliphatic rings. The van der Waals surface area contributed by atoms with Gasteiger partial charge in [0.25, 0.3) is 0 Å². The zero-order chi connectivity index (χ0) is 48.1. The Kier molecular flexibility index (Phi) is 17.5. The van der Waals surface area contributed by atoms with Gasteiger partial charge in [-0.1, -0.05) is 69.1 Å². The molecular weight excluding hydrogens is 904 g/mol. The molecule has 0 aliphatic carbocycles. The number of likely N-dealkylation sites (tertiary alicyclic amines) is 1. The molecule has 1 saturated heterocycles. The van der Waals surface area contributed by atoms with Crippen LogP contribution in [0, 0.1) is 12.3 Å². The lowest BCUT2D eigenvalue weighted by atomic mass is 9.85. The fraction of sp³-hybridized carbons (Fsp3) is 0.417. The molecule has 19 heteroatoms. The monoisotopic (exact) mass is 961 g/mol. The number of carbonyl (C=O) groups excluding carboxylic acids is 3. The second-order valence-electron chi connectivity index (χ2n) is 17.1. The molecule has 2 aromatic heterocycles. The summed E-state index contributed by atoms with van der Waals surface area (Å²) in [6, 6.07) is 20.8. The summed E-state index contributed by atoms with van der Waals surface area (Å²) in [6.45, 7) is 9.31. The highest BCUT2D eigenvalue weighted by Gasteiger charge is 2.42. The molecule has 2 atom stereocenters. The van der Waals surface area contributed by atoms with Gasteiger partial charge in [-0.25, -0.2) is 9.97 Å². The van der Waals surface area contributed by atoms with Gasteiger partial charge in [0.15, 0.2) is 0 Å². The van der Waals surface area contributed by atoms with E-state index in [4.69, 9.17) is 9.47 Å². The third-order valence-corrected chi connectivity index (χ3v) is 12.8. The van der Waals surface area contributed by atoms with Crippen LogP contribution in [0.4, 0.5) is 36.3 Å². The highest BCUT2D eigenvalue weighted by Crippen LogP contribution is 2.35. The van der Waals surface area contributed by atoms with Gasteiger partial charge < -0.3 is 39.9 Å². The molecule has 3 amide bonds. The standard InChI is InChI=1S/C48H58F3N9O5S2/c1-31-41(67-30-55-31)34-15-13-32(14-16-34)27-53-44(62)39-12-8-22-60(39)45(63)42(47(2,3)4)57-40(61)21-25-64-23-9-24-65-37-19-17-35(18-20-37)56-46-54-29-38(48(49,50)51)43(58-46)52-28-33-10-7-11-36(26-33)59(5)66-6/h7,10-11,13-20,26,29-30,39,42H,8-9,12,21-25,27-28H2,1-6H3,(H,53,62)(H,57,61)(H2,52,54,56,58). The molecular formula is C48H58F3N9O5S2. The first kappa shape index (κ1) is 50.5. The first-order valence-electron chi connectivity index (χ1n) is 22.0. The molecule has 2 unspecified atom stereocenters. The molecule has 4 N–H and O–H groups in total. The summed E-state index contributed by atoms with van der Waals surface area (Å²) < 4.78 is 55.1. The number of rotatable bonds is 21. The van der Waals surface area contributed by atoms with Gasteiger partial charge in [-0.2, -0.15) is 18.2 Å². The smallest absolute Gasteiger partial charge is 0.421 e. The number of nitrogens with zero attached hydrogens (tertiary/aromatic N) is 5. The molecule has 0 radical (unpaired) electrons. The van der Waals surface area contributed by atoms with Crippen molar-refractivity contribution in [2.24, 2.45) is 5.41 Å². The van der Waals surface area contributed by atoms with Gasteiger partial charge in [0.1, 0.15) is 29.2 Å². The lowest BCUT2D eigenvalue weighted by Crippen LogP contribution is -2.57. The molecule has 3 heterocycles. The fourth-order valence-corrected chi connectivity index (χ4v) is 8.47. The number of amides is 3. The molecule has 0 bridgehead atoms. The highest BCUT2D eigenvalue weighted by atomic mass is 32.2. The number of ether oxygens (including phenoxy) is 2. The van der Waals surface area contributed by atoms with Gasteiger partial charge >= 0.3 is 6.18 Å². The van der Waals surface area contributed by atoms with Crippen LogP contribution < -0.4 is 30.3 Å². The van der Waals surface area contributed by atoms with Crippen LogP contribution in [0.3, 0.4) is 0 Å². The van der Waals surface area contributed by atoms with Crippen LogP contribution in [0.5, 0.6) is 5.75 Å². The van der Waals surface area contributed by atoms with Crippen LogP contribution in [0.1, 0.15) is 68.8 Å². The van der Waals surface area contributed by atoms with Crippen LogP contribution in [-0.2, 0) is 38.4 Å². The Bertz CT molecular complexity index is 2430. The third kappa shape index (κ3) is 14.3. The number of nitrogens with one attached hydrogen (secondary N) is 4. The number of anilines is 4. The van der Waals surface area contributed by atoms with Crippen LogP contribution in [-0.4, -0.2) is 89.3 Å². The first-order valence-corrected chi connectivity index (χ1v) is 24.1. The summed E-state index contributed by atoms with van der Waals surface area (Å²) in [5.74, 6) is -0.618. The number of aromatic nitrogens is 3. The average molecular weight is 962 g/mol. The minimum absolute atomic E-state index is 0.0106. The zero-order valence-electron chi connectivity index (χ0n) is 38.5. The molecule has 0 saturated carbocycles. The molecule has 0 spiro atoms. The number of hydrogen-bond acceptors (Lipinski definition) is 13. The number of thiazole rings is 1. The topological polar surface area (TPSA) is 163 Å². The maximum absolute atomic E-state index is 13.9. The molecule has 67 heavy (non-hydrogen) atoms. The Balaban J connectivity index is 0.903. The van der Waals surface area contributed by atoms with Crippen LogP contribution >= 0.6 is 23.3 Å². The van der Waals surface area contributed by atoms with Crippen molar-refractivity contribution in [3.05, 3.63) is 107 Å². The molecule has 14 nitrogen and oxygen atoms in total. The van der Waals surface area contributed by atoms with Gasteiger partial charge in [-0.15, -0.1) is 11.3 Å². The van der Waals surface area contributed by atoms with Crippen molar-refractivity contribution < 1.29 is 37.0 Å². The molecule has 6 rings (SSSR count). The Morgan fingerprint density at radius 3 is 2.42 bits per heavy atom. The molecule has 5 aromatic rings. The van der Waals surface area contributed by atoms with Gasteiger partial charge in [-0.3, -0.25) is 14.4 Å². The van der Waals surface area contributed by atoms with Crippen molar-refractivity contribution >= 4 is 64.1 Å². The SMILES string of the molecule is CSN(C)c1cccc(CNc2nc(Nc3ccc(OCCCOCCC(=O)NC(C(=O)N4CCCC4C(=O)NCc4ccc(-c5scnc5C)cc4)C(C)(C)C)cc3)ncc2C(F)(F)F)c1. The maximum atomic E-state index is 13.9. The summed E-state index contributed by atoms with van der Waals surface area (Å²) in [7, 11) is 1.91. The van der Waals surface area contributed by atoms with E-state index in [1.54, 1.807) is 40.5 Å². The zero-order valence-corrected chi connectivity index (χ0v) is 40.2. The third-order valence-electron chi connectivity index (χ3n) is 11.1. The Hall–Kier alpha value is -5.92. The maximum Gasteiger partial charge on any atom is 0.421 e. The quantitative estimate of drug-likeness (QED) is 0.0409. The lowest BCUT2D eigenvalue weighted by Gasteiger charge is -2.35. The number of alkyl halides is 3. The van der Waals surface area contributed by atoms with Crippen LogP contribution in [0.15, 0.2) is 84.5 Å². The van der Waals surface area contributed by atoms with Crippen LogP contribution in [0.25, 0.3) is 10.4 Å². The summed E-state index contributed by atoms with van der Waals surface area (Å²) in [5.41, 5.74) is 5.48. The Morgan fingerprint density at radius 2 is 1.73 bits per heavy atom. The van der Waals surface area contributed by atoms with E-state index >= 15 is 0 Å². The Labute approximate surface area is 398 Å². The van der Waals surface area contributed by atoms with Gasteiger partial charge in [0.05, 0.1) is 29.3 Å². The van der Waals surface area contributed by atoms with Gasteiger partial charge in [0.2, 0.25) is 23.7 Å². The van der Waals surface area contributed by atoms with E-state index in [1.807, 2.05) is 99.3 Å². The highest BCUT2D eigenvalue weighted by molar-refractivity contribution is 7.99. The van der Waals surface area contributed by atoms with Gasteiger partial charge in [0, 0.05) is 70.0 Å². The summed E-state index contributed by atoms with van der Waals surface area (Å²) in [4.78, 5) is 55.5. The summed E-state index contributed by atoms with van der Waals surface area (Å²) in [5, 5.41) is 11.7. The largest absolute Gasteiger partial charge is 0.494 e. The van der Waals surface area contributed by atoms with Gasteiger partial charge in [-0.05, 0) is 78.3 Å². The van der Waals surface area contributed by atoms with Crippen molar-refractivity contribution in [3.63, 3.8) is 0 Å². The van der Waals surface area contributed by atoms with Crippen molar-refractivity contribution in [3.8, 4) is 16.2 Å². The van der Waals surface area contributed by atoms with Crippen molar-refractivity contribution in [1.82, 2.24) is 30.5 Å². The molecule has 1 aliphatic heterocycles. The number of carbonyl (C=O) groups is 3. The molecule has 358 valence electrons. The summed E-state index contributed by atoms with van der Waals surface area (Å²) in [6.07, 6.45) is -0.155. The van der Waals surface area contributed by atoms with E-state index in [0.29, 0.717) is 57.0 Å². The second-order valence-corrected chi connectivity index (χ2v) is 18.9. The minimum Gasteiger partial charge on any atom is -0.494 e. The van der Waals surface area contributed by atoms with E-state index in [1.165, 1.54) is 11.9 Å². The predicted molar refractivity (Wildman–Crippen MR) is 258 cm³/mol. The Morgan fingerprint density at radius 1 is 0.970 bits per heavy atom. The normalized spacial score (nSPS) is 14.3. The molecule has 3 aromatic carbocycles. The van der Waals surface area contributed by atoms with Crippen molar-refractivity contribution in [1.29, 1.82) is 0 Å². The van der Waals surface area contributed by atoms with Crippen molar-refractivity contribution in [2.75, 3.05) is 54.6 Å².